The van der Waals surface area contributed by atoms with Gasteiger partial charge in [0.05, 0.1) is 5.02 Å². The highest BCUT2D eigenvalue weighted by Crippen LogP contribution is 2.39. The molecule has 27 heavy (non-hydrogen) atoms. The van der Waals surface area contributed by atoms with E-state index in [2.05, 4.69) is 16.8 Å². The van der Waals surface area contributed by atoms with Gasteiger partial charge in [0, 0.05) is 30.6 Å². The molecule has 2 aliphatic heterocycles. The Morgan fingerprint density at radius 2 is 1.96 bits per heavy atom. The standard InChI is InChI=1S/C19H26ClN3O3S/c1-18(2,3)17-21-14-7-6-13(20)16(15(14)26-17)27(24,25)23-11-10-22-9-5-8-19(22,4)12-23/h6-7H,5,8-12H2,1-4H3. The van der Waals surface area contributed by atoms with Crippen LogP contribution in [0.3, 0.4) is 0 Å². The molecule has 2 saturated heterocycles. The van der Waals surface area contributed by atoms with Crippen molar-refractivity contribution < 1.29 is 12.8 Å². The number of halogens is 1. The molecule has 1 aromatic carbocycles. The average molecular weight is 412 g/mol. The first kappa shape index (κ1) is 19.2. The van der Waals surface area contributed by atoms with E-state index in [1.165, 1.54) is 0 Å². The number of nitrogens with zero attached hydrogens (tertiary/aromatic N) is 3. The average Bonchev–Trinajstić information content (AvgIpc) is 3.16. The number of piperazine rings is 1. The van der Waals surface area contributed by atoms with Crippen molar-refractivity contribution in [2.75, 3.05) is 26.2 Å². The van der Waals surface area contributed by atoms with Gasteiger partial charge in [0.2, 0.25) is 15.9 Å². The number of aromatic nitrogens is 1. The Hall–Kier alpha value is -1.15. The molecule has 3 heterocycles. The summed E-state index contributed by atoms with van der Waals surface area (Å²) in [6.07, 6.45) is 2.12. The maximum Gasteiger partial charge on any atom is 0.248 e. The summed E-state index contributed by atoms with van der Waals surface area (Å²) in [5.74, 6) is 0.504. The van der Waals surface area contributed by atoms with Gasteiger partial charge in [-0.15, -0.1) is 0 Å². The largest absolute Gasteiger partial charge is 0.439 e. The van der Waals surface area contributed by atoms with Crippen LogP contribution < -0.4 is 0 Å². The molecule has 148 valence electrons. The third-order valence-corrected chi connectivity index (χ3v) is 8.09. The summed E-state index contributed by atoms with van der Waals surface area (Å²) in [5, 5.41) is 0.179. The zero-order chi connectivity index (χ0) is 19.6. The second-order valence-electron chi connectivity index (χ2n) is 8.92. The Balaban J connectivity index is 1.81. The number of benzene rings is 1. The lowest BCUT2D eigenvalue weighted by Gasteiger charge is -2.44. The molecule has 4 rings (SSSR count). The quantitative estimate of drug-likeness (QED) is 0.754. The molecule has 0 aliphatic carbocycles. The Labute approximate surface area is 165 Å². The van der Waals surface area contributed by atoms with Crippen LogP contribution >= 0.6 is 11.6 Å². The van der Waals surface area contributed by atoms with E-state index in [9.17, 15) is 8.42 Å². The van der Waals surface area contributed by atoms with E-state index in [0.29, 0.717) is 24.5 Å². The molecule has 0 bridgehead atoms. The first-order valence-corrected chi connectivity index (χ1v) is 11.2. The lowest BCUT2D eigenvalue weighted by molar-refractivity contribution is 0.0800. The van der Waals surface area contributed by atoms with Gasteiger partial charge in [0.1, 0.15) is 10.4 Å². The molecule has 0 amide bonds. The number of hydrogen-bond donors (Lipinski definition) is 0. The van der Waals surface area contributed by atoms with Gasteiger partial charge in [-0.25, -0.2) is 13.4 Å². The zero-order valence-corrected chi connectivity index (χ0v) is 17.8. The van der Waals surface area contributed by atoms with Gasteiger partial charge < -0.3 is 4.42 Å². The van der Waals surface area contributed by atoms with Crippen LogP contribution in [0.4, 0.5) is 0 Å². The molecular weight excluding hydrogens is 386 g/mol. The second-order valence-corrected chi connectivity index (χ2v) is 11.2. The summed E-state index contributed by atoms with van der Waals surface area (Å²) in [6.45, 7) is 10.8. The zero-order valence-electron chi connectivity index (χ0n) is 16.2. The fourth-order valence-corrected chi connectivity index (χ4v) is 6.33. The van der Waals surface area contributed by atoms with Gasteiger partial charge in [-0.2, -0.15) is 4.31 Å². The Kier molecular flexibility index (Phi) is 4.39. The number of oxazole rings is 1. The molecule has 8 heteroatoms. The van der Waals surface area contributed by atoms with Gasteiger partial charge in [-0.1, -0.05) is 32.4 Å². The maximum atomic E-state index is 13.5. The fraction of sp³-hybridized carbons (Fsp3) is 0.632. The monoisotopic (exact) mass is 411 g/mol. The van der Waals surface area contributed by atoms with Gasteiger partial charge in [-0.3, -0.25) is 4.90 Å². The van der Waals surface area contributed by atoms with Crippen molar-refractivity contribution in [3.63, 3.8) is 0 Å². The molecular formula is C19H26ClN3O3S. The first-order chi connectivity index (χ1) is 12.5. The highest BCUT2D eigenvalue weighted by atomic mass is 35.5. The van der Waals surface area contributed by atoms with Crippen LogP contribution in [-0.4, -0.2) is 54.3 Å². The minimum absolute atomic E-state index is 0.0414. The summed E-state index contributed by atoms with van der Waals surface area (Å²) in [7, 11) is -3.79. The second kappa shape index (κ2) is 6.17. The molecule has 1 unspecified atom stereocenters. The van der Waals surface area contributed by atoms with E-state index in [0.717, 1.165) is 25.9 Å². The fourth-order valence-electron chi connectivity index (χ4n) is 4.17. The molecule has 1 atom stereocenters. The molecule has 0 spiro atoms. The Bertz CT molecular complexity index is 996. The van der Waals surface area contributed by atoms with Gasteiger partial charge in [0.25, 0.3) is 0 Å². The summed E-state index contributed by atoms with van der Waals surface area (Å²) in [6, 6.07) is 3.31. The third kappa shape index (κ3) is 3.09. The van der Waals surface area contributed by atoms with Gasteiger partial charge in [-0.05, 0) is 38.4 Å². The van der Waals surface area contributed by atoms with E-state index < -0.39 is 10.0 Å². The first-order valence-electron chi connectivity index (χ1n) is 9.37. The van der Waals surface area contributed by atoms with Crippen molar-refractivity contribution in [2.24, 2.45) is 0 Å². The van der Waals surface area contributed by atoms with E-state index in [-0.39, 0.29) is 26.5 Å². The predicted octanol–water partition coefficient (Wildman–Crippen LogP) is 3.64. The Morgan fingerprint density at radius 3 is 2.67 bits per heavy atom. The highest BCUT2D eigenvalue weighted by molar-refractivity contribution is 7.89. The number of fused-ring (bicyclic) bond motifs is 2. The van der Waals surface area contributed by atoms with Crippen LogP contribution in [0.5, 0.6) is 0 Å². The summed E-state index contributed by atoms with van der Waals surface area (Å²) < 4.78 is 34.6. The molecule has 2 aromatic rings. The van der Waals surface area contributed by atoms with Crippen molar-refractivity contribution in [3.8, 4) is 0 Å². The normalized spacial score (nSPS) is 25.2. The van der Waals surface area contributed by atoms with Crippen LogP contribution in [0, 0.1) is 0 Å². The van der Waals surface area contributed by atoms with E-state index in [4.69, 9.17) is 16.0 Å². The van der Waals surface area contributed by atoms with Crippen molar-refractivity contribution in [3.05, 3.63) is 23.0 Å². The molecule has 2 aliphatic rings. The van der Waals surface area contributed by atoms with Crippen molar-refractivity contribution in [1.29, 1.82) is 0 Å². The van der Waals surface area contributed by atoms with E-state index in [1.807, 2.05) is 20.8 Å². The summed E-state index contributed by atoms with van der Waals surface area (Å²) >= 11 is 6.37. The topological polar surface area (TPSA) is 66.7 Å². The van der Waals surface area contributed by atoms with Crippen LogP contribution in [-0.2, 0) is 15.4 Å². The van der Waals surface area contributed by atoms with Crippen LogP contribution in [0.25, 0.3) is 11.1 Å². The Morgan fingerprint density at radius 1 is 1.22 bits per heavy atom. The lowest BCUT2D eigenvalue weighted by Crippen LogP contribution is -2.58. The maximum absolute atomic E-state index is 13.5. The number of sulfonamides is 1. The van der Waals surface area contributed by atoms with Crippen molar-refractivity contribution >= 4 is 32.7 Å². The molecule has 6 nitrogen and oxygen atoms in total. The van der Waals surface area contributed by atoms with Gasteiger partial charge in [0.15, 0.2) is 5.58 Å². The number of rotatable bonds is 2. The number of hydrogen-bond acceptors (Lipinski definition) is 5. The molecule has 0 N–H and O–H groups in total. The van der Waals surface area contributed by atoms with Crippen LogP contribution in [0.2, 0.25) is 5.02 Å². The van der Waals surface area contributed by atoms with Crippen LogP contribution in [0.15, 0.2) is 21.4 Å². The minimum atomic E-state index is -3.79. The minimum Gasteiger partial charge on any atom is -0.439 e. The summed E-state index contributed by atoms with van der Waals surface area (Å²) in [4.78, 5) is 6.93. The van der Waals surface area contributed by atoms with E-state index >= 15 is 0 Å². The van der Waals surface area contributed by atoms with Crippen LogP contribution in [0.1, 0.15) is 46.4 Å². The van der Waals surface area contributed by atoms with Gasteiger partial charge >= 0.3 is 0 Å². The molecule has 0 saturated carbocycles. The van der Waals surface area contributed by atoms with E-state index in [1.54, 1.807) is 16.4 Å². The SMILES string of the molecule is CC(C)(C)c1nc2ccc(Cl)c(S(=O)(=O)N3CCN4CCCC4(C)C3)c2o1. The third-order valence-electron chi connectivity index (χ3n) is 5.75. The van der Waals surface area contributed by atoms with Crippen molar-refractivity contribution in [2.45, 2.75) is 56.4 Å². The molecule has 0 radical (unpaired) electrons. The predicted molar refractivity (Wildman–Crippen MR) is 106 cm³/mol. The highest BCUT2D eigenvalue weighted by Gasteiger charge is 2.45. The van der Waals surface area contributed by atoms with Crippen molar-refractivity contribution in [1.82, 2.24) is 14.2 Å². The smallest absolute Gasteiger partial charge is 0.248 e. The molecule has 1 aromatic heterocycles. The lowest BCUT2D eigenvalue weighted by atomic mass is 9.97. The summed E-state index contributed by atoms with van der Waals surface area (Å²) in [5.41, 5.74) is 0.346. The molecule has 2 fully saturated rings.